The minimum atomic E-state index is -0.329. The number of piperazine rings is 1. The van der Waals surface area contributed by atoms with Crippen LogP contribution >= 0.6 is 0 Å². The molecule has 4 saturated carbocycles. The Hall–Kier alpha value is -1.22. The van der Waals surface area contributed by atoms with Gasteiger partial charge in [-0.3, -0.25) is 14.5 Å². The Bertz CT molecular complexity index is 1220. The molecule has 8 nitrogen and oxygen atoms in total. The van der Waals surface area contributed by atoms with E-state index in [0.29, 0.717) is 46.6 Å². The van der Waals surface area contributed by atoms with Crippen molar-refractivity contribution in [3.63, 3.8) is 0 Å². The second-order valence-electron chi connectivity index (χ2n) is 19.0. The van der Waals surface area contributed by atoms with Crippen LogP contribution in [0.5, 0.6) is 0 Å². The van der Waals surface area contributed by atoms with Crippen molar-refractivity contribution < 1.29 is 19.1 Å². The number of likely N-dealkylation sites (tertiary alicyclic amines) is 1. The van der Waals surface area contributed by atoms with Crippen molar-refractivity contribution in [2.24, 2.45) is 52.3 Å². The van der Waals surface area contributed by atoms with Gasteiger partial charge in [-0.25, -0.2) is 0 Å². The molecule has 0 aromatic rings. The van der Waals surface area contributed by atoms with E-state index in [1.54, 1.807) is 0 Å². The molecule has 12 atom stereocenters. The van der Waals surface area contributed by atoms with Gasteiger partial charge in [0.25, 0.3) is 0 Å². The normalized spacial score (nSPS) is 47.7. The summed E-state index contributed by atoms with van der Waals surface area (Å²) in [6, 6.07) is 0.862. The van der Waals surface area contributed by atoms with E-state index in [-0.39, 0.29) is 30.1 Å². The molecule has 4 heterocycles. The van der Waals surface area contributed by atoms with E-state index in [1.807, 2.05) is 4.90 Å². The molecule has 8 aliphatic rings. The molecule has 0 bridgehead atoms. The highest BCUT2D eigenvalue weighted by Gasteiger charge is 2.69. The molecule has 4 aliphatic heterocycles. The molecule has 2 amide bonds. The molecule has 8 rings (SSSR count). The van der Waals surface area contributed by atoms with Gasteiger partial charge in [-0.2, -0.15) is 0 Å². The molecule has 1 unspecified atom stereocenters. The van der Waals surface area contributed by atoms with E-state index < -0.39 is 0 Å². The minimum absolute atomic E-state index is 0.00641. The second-order valence-corrected chi connectivity index (χ2v) is 19.0. The number of piperidine rings is 1. The van der Waals surface area contributed by atoms with E-state index in [0.717, 1.165) is 76.3 Å². The monoisotopic (exact) mass is 681 g/mol. The van der Waals surface area contributed by atoms with Crippen LogP contribution in [-0.4, -0.2) is 103 Å². The average molecular weight is 681 g/mol. The first-order valence-corrected chi connectivity index (χ1v) is 20.9. The fourth-order valence-electron chi connectivity index (χ4n) is 13.9. The summed E-state index contributed by atoms with van der Waals surface area (Å²) in [4.78, 5) is 33.5. The van der Waals surface area contributed by atoms with E-state index in [2.05, 4.69) is 49.7 Å². The number of ether oxygens (including phenoxy) is 2. The molecular formula is C41H68N4O4. The average Bonchev–Trinajstić information content (AvgIpc) is 3.55. The summed E-state index contributed by atoms with van der Waals surface area (Å²) in [5.41, 5.74) is 0.726. The lowest BCUT2D eigenvalue weighted by Gasteiger charge is -2.61. The van der Waals surface area contributed by atoms with Crippen LogP contribution in [-0.2, 0) is 19.1 Å². The van der Waals surface area contributed by atoms with Gasteiger partial charge in [0.2, 0.25) is 11.8 Å². The highest BCUT2D eigenvalue weighted by atomic mass is 16.7. The van der Waals surface area contributed by atoms with Crippen molar-refractivity contribution >= 4 is 11.8 Å². The number of carbonyl (C=O) groups is 2. The summed E-state index contributed by atoms with van der Waals surface area (Å²) in [5.74, 6) is 4.40. The third-order valence-corrected chi connectivity index (χ3v) is 16.8. The number of fused-ring (bicyclic) bond motifs is 7. The number of carbonyl (C=O) groups excluding carboxylic acids is 2. The summed E-state index contributed by atoms with van der Waals surface area (Å²) >= 11 is 0. The largest absolute Gasteiger partial charge is 0.353 e. The number of rotatable bonds is 5. The van der Waals surface area contributed by atoms with Gasteiger partial charge in [-0.1, -0.05) is 34.6 Å². The van der Waals surface area contributed by atoms with Crippen LogP contribution in [0.15, 0.2) is 0 Å². The Morgan fingerprint density at radius 3 is 2.29 bits per heavy atom. The molecule has 4 aliphatic carbocycles. The summed E-state index contributed by atoms with van der Waals surface area (Å²) in [7, 11) is 0. The van der Waals surface area contributed by atoms with E-state index >= 15 is 0 Å². The SMILES string of the molecule is CCN1CCC(N2CCN(C(=O)CC(=O)N[C@@H]3CC[C@]4(C)C5CC[C@]6(C)[C@@H]7[C@H](C[C@H]6[C@@H]5CC[C@@H]4C3)O[C@]3(CC[C@@H](C)CO3)[C@H]7C)CC2)CC1. The van der Waals surface area contributed by atoms with Crippen LogP contribution in [0.4, 0.5) is 0 Å². The molecule has 0 radical (unpaired) electrons. The lowest BCUT2D eigenvalue weighted by atomic mass is 9.44. The fraction of sp³-hybridized carbons (Fsp3) is 0.951. The predicted octanol–water partition coefficient (Wildman–Crippen LogP) is 5.94. The molecular weight excluding hydrogens is 612 g/mol. The molecule has 1 N–H and O–H groups in total. The quantitative estimate of drug-likeness (QED) is 0.363. The summed E-state index contributed by atoms with van der Waals surface area (Å²) < 4.78 is 13.6. The maximum absolute atomic E-state index is 13.2. The number of nitrogens with one attached hydrogen (secondary N) is 1. The van der Waals surface area contributed by atoms with Gasteiger partial charge in [-0.05, 0) is 137 Å². The Morgan fingerprint density at radius 1 is 0.816 bits per heavy atom. The van der Waals surface area contributed by atoms with Crippen molar-refractivity contribution in [1.29, 1.82) is 0 Å². The molecule has 1 spiro atoms. The van der Waals surface area contributed by atoms with Crippen LogP contribution in [0.3, 0.4) is 0 Å². The first-order valence-electron chi connectivity index (χ1n) is 20.9. The third kappa shape index (κ3) is 6.02. The zero-order valence-electron chi connectivity index (χ0n) is 31.6. The minimum Gasteiger partial charge on any atom is -0.353 e. The molecule has 276 valence electrons. The zero-order valence-corrected chi connectivity index (χ0v) is 31.6. The van der Waals surface area contributed by atoms with Crippen molar-refractivity contribution in [2.45, 2.75) is 142 Å². The topological polar surface area (TPSA) is 74.4 Å². The summed E-state index contributed by atoms with van der Waals surface area (Å²) in [6.07, 6.45) is 15.0. The van der Waals surface area contributed by atoms with Gasteiger partial charge >= 0.3 is 0 Å². The maximum Gasteiger partial charge on any atom is 0.232 e. The Kier molecular flexibility index (Phi) is 9.47. The van der Waals surface area contributed by atoms with E-state index in [9.17, 15) is 9.59 Å². The molecule has 8 fully saturated rings. The predicted molar refractivity (Wildman–Crippen MR) is 192 cm³/mol. The number of hydrogen-bond acceptors (Lipinski definition) is 6. The van der Waals surface area contributed by atoms with Gasteiger partial charge in [0, 0.05) is 50.6 Å². The van der Waals surface area contributed by atoms with Gasteiger partial charge < -0.3 is 24.6 Å². The summed E-state index contributed by atoms with van der Waals surface area (Å²) in [6.45, 7) is 20.0. The number of amides is 2. The lowest BCUT2D eigenvalue weighted by Crippen LogP contribution is -2.56. The van der Waals surface area contributed by atoms with Crippen molar-refractivity contribution in [3.05, 3.63) is 0 Å². The van der Waals surface area contributed by atoms with Crippen LogP contribution < -0.4 is 5.32 Å². The van der Waals surface area contributed by atoms with Gasteiger partial charge in [0.15, 0.2) is 5.79 Å². The van der Waals surface area contributed by atoms with Gasteiger partial charge in [-0.15, -0.1) is 0 Å². The standard InChI is InChI=1S/C41H68N4O4/c1-6-43-17-12-31(13-18-43)44-19-21-45(22-20-44)37(47)25-36(46)42-30-10-14-39(4)29(23-30)7-8-32-33(39)11-15-40(5)34(32)24-35-38(40)28(3)41(49-35)16-9-27(2)26-48-41/h27-35,38H,6-26H2,1-5H3,(H,42,46)/t27-,28+,29-,30-,32-,33?,34+,35+,38+,39+,40+,41-/m1/s1. The first kappa shape index (κ1) is 34.8. The third-order valence-electron chi connectivity index (χ3n) is 16.8. The molecule has 0 aromatic heterocycles. The van der Waals surface area contributed by atoms with Crippen molar-refractivity contribution in [3.8, 4) is 0 Å². The highest BCUT2D eigenvalue weighted by molar-refractivity contribution is 5.97. The van der Waals surface area contributed by atoms with Crippen molar-refractivity contribution in [2.75, 3.05) is 52.4 Å². The van der Waals surface area contributed by atoms with Crippen molar-refractivity contribution in [1.82, 2.24) is 20.0 Å². The fourth-order valence-corrected chi connectivity index (χ4v) is 13.9. The second kappa shape index (κ2) is 13.3. The molecule has 8 heteroatoms. The first-order chi connectivity index (χ1) is 23.5. The van der Waals surface area contributed by atoms with Gasteiger partial charge in [0.1, 0.15) is 6.42 Å². The molecule has 49 heavy (non-hydrogen) atoms. The maximum atomic E-state index is 13.2. The number of hydrogen-bond donors (Lipinski definition) is 1. The smallest absolute Gasteiger partial charge is 0.232 e. The van der Waals surface area contributed by atoms with E-state index in [4.69, 9.17) is 9.47 Å². The lowest BCUT2D eigenvalue weighted by molar-refractivity contribution is -0.273. The Balaban J connectivity index is 0.822. The van der Waals surface area contributed by atoms with Crippen LogP contribution in [0.2, 0.25) is 0 Å². The summed E-state index contributed by atoms with van der Waals surface area (Å²) in [5, 5.41) is 3.36. The number of nitrogens with zero attached hydrogens (tertiary/aromatic N) is 3. The van der Waals surface area contributed by atoms with Crippen LogP contribution in [0.25, 0.3) is 0 Å². The Labute approximate surface area is 297 Å². The molecule has 0 aromatic carbocycles. The zero-order chi connectivity index (χ0) is 34.1. The molecule has 4 saturated heterocycles. The van der Waals surface area contributed by atoms with Crippen LogP contribution in [0.1, 0.15) is 118 Å². The Morgan fingerprint density at radius 2 is 1.57 bits per heavy atom. The van der Waals surface area contributed by atoms with E-state index in [1.165, 1.54) is 70.9 Å². The highest BCUT2D eigenvalue weighted by Crippen LogP contribution is 2.71. The van der Waals surface area contributed by atoms with Gasteiger partial charge in [0.05, 0.1) is 12.7 Å². The van der Waals surface area contributed by atoms with Crippen LogP contribution in [0, 0.1) is 52.3 Å².